The number of benzene rings is 1. The molecule has 0 aliphatic heterocycles. The van der Waals surface area contributed by atoms with Gasteiger partial charge in [-0.25, -0.2) is 0 Å². The van der Waals surface area contributed by atoms with E-state index in [2.05, 4.69) is 21.2 Å². The van der Waals surface area contributed by atoms with Crippen molar-refractivity contribution < 1.29 is 19.4 Å². The van der Waals surface area contributed by atoms with Crippen LogP contribution in [-0.4, -0.2) is 24.1 Å². The average molecular weight is 356 g/mol. The van der Waals surface area contributed by atoms with Gasteiger partial charge in [0, 0.05) is 16.2 Å². The van der Waals surface area contributed by atoms with E-state index in [1.54, 1.807) is 25.3 Å². The zero-order valence-corrected chi connectivity index (χ0v) is 13.4. The summed E-state index contributed by atoms with van der Waals surface area (Å²) in [7, 11) is 1.55. The molecule has 1 amide bonds. The van der Waals surface area contributed by atoms with Crippen molar-refractivity contribution in [2.75, 3.05) is 12.4 Å². The number of anilines is 1. The van der Waals surface area contributed by atoms with Crippen molar-refractivity contribution in [3.05, 3.63) is 22.7 Å². The first-order valence-electron chi connectivity index (χ1n) is 6.89. The molecule has 1 aromatic carbocycles. The van der Waals surface area contributed by atoms with Crippen molar-refractivity contribution in [1.82, 2.24) is 0 Å². The lowest BCUT2D eigenvalue weighted by Gasteiger charge is -2.27. The zero-order chi connectivity index (χ0) is 15.4. The molecule has 1 aliphatic rings. The summed E-state index contributed by atoms with van der Waals surface area (Å²) in [6.07, 6.45) is 2.94. The van der Waals surface area contributed by atoms with Crippen molar-refractivity contribution in [1.29, 1.82) is 0 Å². The molecule has 0 bridgehead atoms. The summed E-state index contributed by atoms with van der Waals surface area (Å²) in [5.74, 6) is -1.56. The fraction of sp³-hybridized carbons (Fsp3) is 0.467. The lowest BCUT2D eigenvalue weighted by atomic mass is 9.78. The van der Waals surface area contributed by atoms with Crippen LogP contribution in [0.2, 0.25) is 0 Å². The number of nitrogens with one attached hydrogen (secondary N) is 1. The van der Waals surface area contributed by atoms with Gasteiger partial charge in [-0.05, 0) is 25.0 Å². The van der Waals surface area contributed by atoms with Crippen molar-refractivity contribution in [3.63, 3.8) is 0 Å². The van der Waals surface area contributed by atoms with Gasteiger partial charge in [0.25, 0.3) is 0 Å². The molecule has 0 aromatic heterocycles. The summed E-state index contributed by atoms with van der Waals surface area (Å²) in [6.45, 7) is 0. The largest absolute Gasteiger partial charge is 0.497 e. The molecule has 1 saturated carbocycles. The number of aliphatic carboxylic acids is 1. The Labute approximate surface area is 131 Å². The van der Waals surface area contributed by atoms with Crippen LogP contribution in [0, 0.1) is 11.8 Å². The Morgan fingerprint density at radius 2 is 1.90 bits per heavy atom. The van der Waals surface area contributed by atoms with Gasteiger partial charge in [-0.15, -0.1) is 0 Å². The summed E-state index contributed by atoms with van der Waals surface area (Å²) in [4.78, 5) is 23.6. The first kappa shape index (κ1) is 15.8. The molecule has 1 aliphatic carbocycles. The number of halogens is 1. The second-order valence-corrected chi connectivity index (χ2v) is 6.12. The van der Waals surface area contributed by atoms with Crippen LogP contribution in [0.15, 0.2) is 22.7 Å². The highest BCUT2D eigenvalue weighted by Gasteiger charge is 2.35. The normalized spacial score (nSPS) is 21.6. The van der Waals surface area contributed by atoms with E-state index in [9.17, 15) is 14.7 Å². The van der Waals surface area contributed by atoms with Gasteiger partial charge in [0.2, 0.25) is 5.91 Å². The number of carboxylic acid groups (broad SMARTS) is 1. The molecule has 0 saturated heterocycles. The second kappa shape index (κ2) is 6.93. The van der Waals surface area contributed by atoms with Crippen molar-refractivity contribution in [3.8, 4) is 5.75 Å². The number of ether oxygens (including phenoxy) is 1. The van der Waals surface area contributed by atoms with Gasteiger partial charge in [0.15, 0.2) is 0 Å². The molecule has 0 spiro atoms. The number of hydrogen-bond acceptors (Lipinski definition) is 3. The quantitative estimate of drug-likeness (QED) is 0.868. The highest BCUT2D eigenvalue weighted by atomic mass is 79.9. The van der Waals surface area contributed by atoms with E-state index in [0.29, 0.717) is 24.3 Å². The Hall–Kier alpha value is -1.56. The SMILES string of the molecule is COc1cc(Br)cc(NC(=O)[C@@H]2CCCC[C@@H]2C(=O)O)c1. The number of methoxy groups -OCH3 is 1. The predicted molar refractivity (Wildman–Crippen MR) is 82.4 cm³/mol. The highest BCUT2D eigenvalue weighted by Crippen LogP contribution is 2.32. The number of amides is 1. The summed E-state index contributed by atoms with van der Waals surface area (Å²) in [5.41, 5.74) is 0.598. The third-order valence-corrected chi connectivity index (χ3v) is 4.25. The topological polar surface area (TPSA) is 75.6 Å². The molecule has 0 heterocycles. The first-order valence-corrected chi connectivity index (χ1v) is 7.69. The fourth-order valence-corrected chi connectivity index (χ4v) is 3.20. The van der Waals surface area contributed by atoms with Crippen LogP contribution in [0.25, 0.3) is 0 Å². The second-order valence-electron chi connectivity index (χ2n) is 5.20. The molecule has 6 heteroatoms. The van der Waals surface area contributed by atoms with Crippen LogP contribution in [0.5, 0.6) is 5.75 Å². The minimum Gasteiger partial charge on any atom is -0.497 e. The van der Waals surface area contributed by atoms with Crippen LogP contribution in [0.4, 0.5) is 5.69 Å². The zero-order valence-electron chi connectivity index (χ0n) is 11.8. The minimum atomic E-state index is -0.887. The maximum Gasteiger partial charge on any atom is 0.307 e. The Balaban J connectivity index is 2.13. The molecule has 2 atom stereocenters. The van der Waals surface area contributed by atoms with Crippen LogP contribution in [0.1, 0.15) is 25.7 Å². The lowest BCUT2D eigenvalue weighted by Crippen LogP contribution is -2.36. The molecule has 114 valence electrons. The molecule has 2 rings (SSSR count). The molecule has 21 heavy (non-hydrogen) atoms. The van der Waals surface area contributed by atoms with Crippen molar-refractivity contribution in [2.45, 2.75) is 25.7 Å². The van der Waals surface area contributed by atoms with E-state index in [4.69, 9.17) is 4.74 Å². The Kier molecular flexibility index (Phi) is 5.22. The van der Waals surface area contributed by atoms with E-state index in [-0.39, 0.29) is 5.91 Å². The maximum absolute atomic E-state index is 12.4. The highest BCUT2D eigenvalue weighted by molar-refractivity contribution is 9.10. The van der Waals surface area contributed by atoms with E-state index >= 15 is 0 Å². The standard InChI is InChI=1S/C15H18BrNO4/c1-21-11-7-9(16)6-10(8-11)17-14(18)12-4-2-3-5-13(12)15(19)20/h6-8,12-13H,2-5H2,1H3,(H,17,18)(H,19,20)/t12-,13+/m1/s1. The van der Waals surface area contributed by atoms with Crippen LogP contribution >= 0.6 is 15.9 Å². The van der Waals surface area contributed by atoms with Gasteiger partial charge in [0.05, 0.1) is 18.9 Å². The number of carbonyl (C=O) groups is 2. The summed E-state index contributed by atoms with van der Waals surface area (Å²) < 4.78 is 5.93. The van der Waals surface area contributed by atoms with Gasteiger partial charge in [-0.3, -0.25) is 9.59 Å². The molecule has 5 nitrogen and oxygen atoms in total. The Morgan fingerprint density at radius 1 is 1.24 bits per heavy atom. The molecule has 2 N–H and O–H groups in total. The molecular weight excluding hydrogens is 338 g/mol. The van der Waals surface area contributed by atoms with Crippen LogP contribution < -0.4 is 10.1 Å². The Bertz CT molecular complexity index is 546. The number of carboxylic acids is 1. The molecule has 0 unspecified atom stereocenters. The molecular formula is C15H18BrNO4. The van der Waals surface area contributed by atoms with Crippen LogP contribution in [-0.2, 0) is 9.59 Å². The Morgan fingerprint density at radius 3 is 2.52 bits per heavy atom. The number of carbonyl (C=O) groups excluding carboxylic acids is 1. The smallest absolute Gasteiger partial charge is 0.307 e. The van der Waals surface area contributed by atoms with Gasteiger partial charge >= 0.3 is 5.97 Å². The van der Waals surface area contributed by atoms with E-state index in [1.165, 1.54) is 0 Å². The lowest BCUT2D eigenvalue weighted by molar-refractivity contribution is -0.147. The molecule has 1 aromatic rings. The molecule has 0 radical (unpaired) electrons. The van der Waals surface area contributed by atoms with E-state index in [1.807, 2.05) is 0 Å². The first-order chi connectivity index (χ1) is 10.0. The van der Waals surface area contributed by atoms with Crippen LogP contribution in [0.3, 0.4) is 0 Å². The summed E-state index contributed by atoms with van der Waals surface area (Å²) in [5, 5.41) is 12.0. The third-order valence-electron chi connectivity index (χ3n) is 3.79. The number of rotatable bonds is 4. The van der Waals surface area contributed by atoms with Gasteiger partial charge in [0.1, 0.15) is 5.75 Å². The van der Waals surface area contributed by atoms with E-state index in [0.717, 1.165) is 17.3 Å². The minimum absolute atomic E-state index is 0.234. The van der Waals surface area contributed by atoms with Gasteiger partial charge in [-0.1, -0.05) is 28.8 Å². The maximum atomic E-state index is 12.4. The average Bonchev–Trinajstić information content (AvgIpc) is 2.46. The van der Waals surface area contributed by atoms with Crippen molar-refractivity contribution in [2.24, 2.45) is 11.8 Å². The number of hydrogen-bond donors (Lipinski definition) is 2. The van der Waals surface area contributed by atoms with E-state index < -0.39 is 17.8 Å². The molecule has 1 fully saturated rings. The monoisotopic (exact) mass is 355 g/mol. The summed E-state index contributed by atoms with van der Waals surface area (Å²) in [6, 6.07) is 5.26. The van der Waals surface area contributed by atoms with Crippen molar-refractivity contribution >= 4 is 33.5 Å². The predicted octanol–water partition coefficient (Wildman–Crippen LogP) is 3.29. The third kappa shape index (κ3) is 3.97. The summed E-state index contributed by atoms with van der Waals surface area (Å²) >= 11 is 3.35. The van der Waals surface area contributed by atoms with Gasteiger partial charge < -0.3 is 15.2 Å². The van der Waals surface area contributed by atoms with Gasteiger partial charge in [-0.2, -0.15) is 0 Å². The fourth-order valence-electron chi connectivity index (χ4n) is 2.73.